The Morgan fingerprint density at radius 2 is 1.95 bits per heavy atom. The second kappa shape index (κ2) is 7.02. The third kappa shape index (κ3) is 4.27. The monoisotopic (exact) mass is 368 g/mol. The molecule has 0 amide bonds. The number of rotatable bonds is 5. The SMILES string of the molecule is CC(NCc1cc(Br)ccc1[N+](=O)[O-])c1ccc(Cl)cc1. The van der Waals surface area contributed by atoms with E-state index in [0.717, 1.165) is 10.0 Å². The maximum atomic E-state index is 11.0. The van der Waals surface area contributed by atoms with E-state index in [1.807, 2.05) is 31.2 Å². The number of hydrogen-bond donors (Lipinski definition) is 1. The summed E-state index contributed by atoms with van der Waals surface area (Å²) in [4.78, 5) is 10.7. The first-order chi connectivity index (χ1) is 9.97. The van der Waals surface area contributed by atoms with Crippen molar-refractivity contribution in [1.82, 2.24) is 5.32 Å². The van der Waals surface area contributed by atoms with Crippen LogP contribution in [0.1, 0.15) is 24.1 Å². The van der Waals surface area contributed by atoms with Crippen molar-refractivity contribution < 1.29 is 4.92 Å². The van der Waals surface area contributed by atoms with Crippen molar-refractivity contribution in [3.8, 4) is 0 Å². The predicted octanol–water partition coefficient (Wildman–Crippen LogP) is 4.86. The van der Waals surface area contributed by atoms with Crippen LogP contribution in [0.5, 0.6) is 0 Å². The molecule has 0 aliphatic carbocycles. The van der Waals surface area contributed by atoms with Gasteiger partial charge in [0, 0.05) is 33.7 Å². The van der Waals surface area contributed by atoms with E-state index in [-0.39, 0.29) is 16.7 Å². The first kappa shape index (κ1) is 15.9. The fourth-order valence-electron chi connectivity index (χ4n) is 2.01. The Morgan fingerprint density at radius 1 is 1.29 bits per heavy atom. The molecule has 0 heterocycles. The van der Waals surface area contributed by atoms with Crippen LogP contribution in [-0.2, 0) is 6.54 Å². The summed E-state index contributed by atoms with van der Waals surface area (Å²) in [5.74, 6) is 0. The molecule has 0 saturated carbocycles. The van der Waals surface area contributed by atoms with Crippen LogP contribution in [0.15, 0.2) is 46.9 Å². The molecule has 0 bridgehead atoms. The van der Waals surface area contributed by atoms with Gasteiger partial charge in [-0.1, -0.05) is 39.7 Å². The average Bonchev–Trinajstić information content (AvgIpc) is 2.45. The van der Waals surface area contributed by atoms with Gasteiger partial charge in [-0.25, -0.2) is 0 Å². The fourth-order valence-corrected chi connectivity index (χ4v) is 2.54. The molecule has 1 atom stereocenters. The van der Waals surface area contributed by atoms with Crippen LogP contribution in [0.4, 0.5) is 5.69 Å². The van der Waals surface area contributed by atoms with Crippen molar-refractivity contribution in [2.75, 3.05) is 0 Å². The van der Waals surface area contributed by atoms with Crippen LogP contribution in [0.25, 0.3) is 0 Å². The number of nitro groups is 1. The van der Waals surface area contributed by atoms with Gasteiger partial charge in [-0.3, -0.25) is 10.1 Å². The zero-order valence-electron chi connectivity index (χ0n) is 11.3. The molecule has 1 N–H and O–H groups in total. The summed E-state index contributed by atoms with van der Waals surface area (Å²) in [6.07, 6.45) is 0. The van der Waals surface area contributed by atoms with Crippen LogP contribution < -0.4 is 5.32 Å². The Hall–Kier alpha value is -1.43. The molecule has 0 spiro atoms. The van der Waals surface area contributed by atoms with Gasteiger partial charge in [-0.05, 0) is 36.8 Å². The average molecular weight is 370 g/mol. The summed E-state index contributed by atoms with van der Waals surface area (Å²) >= 11 is 9.20. The standard InChI is InChI=1S/C15H14BrClN2O2/c1-10(11-2-5-14(17)6-3-11)18-9-12-8-13(16)4-7-15(12)19(20)21/h2-8,10,18H,9H2,1H3. The number of nitro benzene ring substituents is 1. The van der Waals surface area contributed by atoms with E-state index in [4.69, 9.17) is 11.6 Å². The van der Waals surface area contributed by atoms with Crippen molar-refractivity contribution in [2.45, 2.75) is 19.5 Å². The van der Waals surface area contributed by atoms with Crippen LogP contribution in [0.3, 0.4) is 0 Å². The van der Waals surface area contributed by atoms with Crippen LogP contribution >= 0.6 is 27.5 Å². The second-order valence-electron chi connectivity index (χ2n) is 4.68. The molecule has 4 nitrogen and oxygen atoms in total. The Kier molecular flexibility index (Phi) is 5.33. The van der Waals surface area contributed by atoms with Crippen molar-refractivity contribution >= 4 is 33.2 Å². The van der Waals surface area contributed by atoms with E-state index in [1.165, 1.54) is 6.07 Å². The molecule has 0 saturated heterocycles. The second-order valence-corrected chi connectivity index (χ2v) is 6.04. The van der Waals surface area contributed by atoms with E-state index >= 15 is 0 Å². The van der Waals surface area contributed by atoms with E-state index in [1.54, 1.807) is 12.1 Å². The lowest BCUT2D eigenvalue weighted by Crippen LogP contribution is -2.18. The number of nitrogens with one attached hydrogen (secondary N) is 1. The van der Waals surface area contributed by atoms with Gasteiger partial charge in [0.2, 0.25) is 0 Å². The maximum Gasteiger partial charge on any atom is 0.273 e. The van der Waals surface area contributed by atoms with Crippen molar-refractivity contribution in [3.05, 3.63) is 73.2 Å². The molecule has 2 aromatic rings. The smallest absolute Gasteiger partial charge is 0.273 e. The third-order valence-corrected chi connectivity index (χ3v) is 3.95. The summed E-state index contributed by atoms with van der Waals surface area (Å²) < 4.78 is 0.823. The molecular formula is C15H14BrClN2O2. The van der Waals surface area contributed by atoms with Gasteiger partial charge in [-0.2, -0.15) is 0 Å². The number of benzene rings is 2. The molecule has 0 radical (unpaired) electrons. The van der Waals surface area contributed by atoms with Crippen molar-refractivity contribution in [1.29, 1.82) is 0 Å². The number of halogens is 2. The predicted molar refractivity (Wildman–Crippen MR) is 87.5 cm³/mol. The van der Waals surface area contributed by atoms with Gasteiger partial charge in [0.1, 0.15) is 0 Å². The molecule has 21 heavy (non-hydrogen) atoms. The van der Waals surface area contributed by atoms with Crippen LogP contribution in [0, 0.1) is 10.1 Å². The van der Waals surface area contributed by atoms with Gasteiger partial charge in [0.05, 0.1) is 4.92 Å². The summed E-state index contributed by atoms with van der Waals surface area (Å²) in [7, 11) is 0. The van der Waals surface area contributed by atoms with E-state index < -0.39 is 0 Å². The van der Waals surface area contributed by atoms with Crippen molar-refractivity contribution in [2.24, 2.45) is 0 Å². The Labute approximate surface area is 136 Å². The Morgan fingerprint density at radius 3 is 2.57 bits per heavy atom. The van der Waals surface area contributed by atoms with E-state index in [0.29, 0.717) is 17.1 Å². The summed E-state index contributed by atoms with van der Waals surface area (Å²) in [5.41, 5.74) is 1.85. The Balaban J connectivity index is 2.10. The molecule has 2 rings (SSSR count). The van der Waals surface area contributed by atoms with Crippen LogP contribution in [0.2, 0.25) is 5.02 Å². The summed E-state index contributed by atoms with van der Waals surface area (Å²) in [6.45, 7) is 2.42. The Bertz CT molecular complexity index is 647. The minimum absolute atomic E-state index is 0.0702. The van der Waals surface area contributed by atoms with Gasteiger partial charge in [0.15, 0.2) is 0 Å². The topological polar surface area (TPSA) is 55.2 Å². The molecular weight excluding hydrogens is 356 g/mol. The van der Waals surface area contributed by atoms with Gasteiger partial charge < -0.3 is 5.32 Å². The lowest BCUT2D eigenvalue weighted by atomic mass is 10.1. The highest BCUT2D eigenvalue weighted by Gasteiger charge is 2.14. The lowest BCUT2D eigenvalue weighted by molar-refractivity contribution is -0.385. The summed E-state index contributed by atoms with van der Waals surface area (Å²) in [6, 6.07) is 12.6. The maximum absolute atomic E-state index is 11.0. The lowest BCUT2D eigenvalue weighted by Gasteiger charge is -2.14. The highest BCUT2D eigenvalue weighted by molar-refractivity contribution is 9.10. The molecule has 0 fully saturated rings. The molecule has 0 aromatic heterocycles. The van der Waals surface area contributed by atoms with Gasteiger partial charge in [0.25, 0.3) is 5.69 Å². The fraction of sp³-hybridized carbons (Fsp3) is 0.200. The third-order valence-electron chi connectivity index (χ3n) is 3.21. The number of nitrogens with zero attached hydrogens (tertiary/aromatic N) is 1. The first-order valence-electron chi connectivity index (χ1n) is 6.39. The highest BCUT2D eigenvalue weighted by Crippen LogP contribution is 2.24. The van der Waals surface area contributed by atoms with E-state index in [2.05, 4.69) is 21.2 Å². The largest absolute Gasteiger partial charge is 0.306 e. The molecule has 110 valence electrons. The van der Waals surface area contributed by atoms with Gasteiger partial charge in [-0.15, -0.1) is 0 Å². The highest BCUT2D eigenvalue weighted by atomic mass is 79.9. The molecule has 1 unspecified atom stereocenters. The number of hydrogen-bond acceptors (Lipinski definition) is 3. The van der Waals surface area contributed by atoms with Crippen molar-refractivity contribution in [3.63, 3.8) is 0 Å². The summed E-state index contributed by atoms with van der Waals surface area (Å²) in [5, 5.41) is 15.0. The van der Waals surface area contributed by atoms with E-state index in [9.17, 15) is 10.1 Å². The zero-order valence-corrected chi connectivity index (χ0v) is 13.7. The normalized spacial score (nSPS) is 12.1. The van der Waals surface area contributed by atoms with Gasteiger partial charge >= 0.3 is 0 Å². The molecule has 2 aromatic carbocycles. The molecule has 0 aliphatic rings. The minimum atomic E-state index is -0.365. The zero-order chi connectivity index (χ0) is 15.4. The quantitative estimate of drug-likeness (QED) is 0.605. The first-order valence-corrected chi connectivity index (χ1v) is 7.56. The van der Waals surface area contributed by atoms with Crippen LogP contribution in [-0.4, -0.2) is 4.92 Å². The molecule has 0 aliphatic heterocycles. The minimum Gasteiger partial charge on any atom is -0.306 e. The molecule has 6 heteroatoms.